The van der Waals surface area contributed by atoms with Crippen molar-refractivity contribution in [1.82, 2.24) is 24.8 Å². The van der Waals surface area contributed by atoms with Crippen LogP contribution < -0.4 is 10.2 Å². The molecule has 132 valence electrons. The first-order valence-corrected chi connectivity index (χ1v) is 8.79. The number of morpholine rings is 1. The average Bonchev–Trinajstić information content (AvgIpc) is 3.19. The maximum absolute atomic E-state index is 11.9. The van der Waals surface area contributed by atoms with E-state index in [9.17, 15) is 4.79 Å². The molecular weight excluding hydrogens is 334 g/mol. The van der Waals surface area contributed by atoms with Gasteiger partial charge in [-0.1, -0.05) is 0 Å². The van der Waals surface area contributed by atoms with E-state index in [1.54, 1.807) is 4.52 Å². The topological polar surface area (TPSA) is 100 Å². The molecule has 3 aromatic rings. The summed E-state index contributed by atoms with van der Waals surface area (Å²) in [7, 11) is 0. The Hall–Kier alpha value is -3.10. The lowest BCUT2D eigenvalue weighted by Crippen LogP contribution is -2.82. The molecule has 3 fully saturated rings. The van der Waals surface area contributed by atoms with E-state index in [2.05, 4.69) is 25.6 Å². The highest BCUT2D eigenvalue weighted by Crippen LogP contribution is 2.44. The van der Waals surface area contributed by atoms with E-state index in [0.717, 1.165) is 17.0 Å². The highest BCUT2D eigenvalue weighted by molar-refractivity contribution is 5.94. The zero-order valence-electron chi connectivity index (χ0n) is 14.1. The van der Waals surface area contributed by atoms with Crippen molar-refractivity contribution in [2.24, 2.45) is 0 Å². The number of rotatable bonds is 4. The Morgan fingerprint density at radius 1 is 1.42 bits per heavy atom. The first-order valence-electron chi connectivity index (χ1n) is 8.79. The van der Waals surface area contributed by atoms with E-state index in [1.165, 1.54) is 12.8 Å². The van der Waals surface area contributed by atoms with Gasteiger partial charge in [0.2, 0.25) is 5.95 Å². The number of aromatic amines is 1. The number of hydrogen-bond donors (Lipinski definition) is 2. The van der Waals surface area contributed by atoms with Gasteiger partial charge in [0.1, 0.15) is 5.52 Å². The Labute approximate surface area is 148 Å². The van der Waals surface area contributed by atoms with E-state index in [4.69, 9.17) is 4.74 Å². The predicted octanol–water partition coefficient (Wildman–Crippen LogP) is 1.58. The van der Waals surface area contributed by atoms with Crippen LogP contribution in [-0.2, 0) is 9.53 Å². The van der Waals surface area contributed by atoms with Crippen molar-refractivity contribution in [1.29, 1.82) is 0 Å². The Morgan fingerprint density at radius 3 is 3.08 bits per heavy atom. The van der Waals surface area contributed by atoms with Gasteiger partial charge in [0, 0.05) is 23.9 Å². The Balaban J connectivity index is 1.38. The number of esters is 1. The molecule has 9 heteroatoms. The van der Waals surface area contributed by atoms with Crippen LogP contribution in [0.4, 0.5) is 17.6 Å². The van der Waals surface area contributed by atoms with E-state index in [-0.39, 0.29) is 12.1 Å². The third kappa shape index (κ3) is 1.74. The molecule has 1 unspecified atom stereocenters. The van der Waals surface area contributed by atoms with Crippen LogP contribution in [0.2, 0.25) is 0 Å². The molecule has 0 amide bonds. The minimum Gasteiger partial charge on any atom is -0.455 e. The molecule has 3 aromatic heterocycles. The molecule has 0 radical (unpaired) electrons. The smallest absolute Gasteiger partial charge is 0.336 e. The third-order valence-corrected chi connectivity index (χ3v) is 5.68. The highest BCUT2D eigenvalue weighted by Gasteiger charge is 2.67. The number of anilines is 3. The van der Waals surface area contributed by atoms with Crippen LogP contribution in [0.25, 0.3) is 5.52 Å². The second kappa shape index (κ2) is 4.54. The Morgan fingerprint density at radius 2 is 2.31 bits per heavy atom. The van der Waals surface area contributed by atoms with E-state index >= 15 is 0 Å². The molecule has 2 N–H and O–H groups in total. The molecule has 2 aliphatic heterocycles. The molecule has 26 heavy (non-hydrogen) atoms. The number of aromatic nitrogens is 5. The number of hydrogen-bond acceptors (Lipinski definition) is 7. The van der Waals surface area contributed by atoms with Crippen LogP contribution in [0, 0.1) is 0 Å². The van der Waals surface area contributed by atoms with Crippen molar-refractivity contribution in [3.63, 3.8) is 0 Å². The first-order chi connectivity index (χ1) is 12.6. The van der Waals surface area contributed by atoms with Crippen molar-refractivity contribution < 1.29 is 9.53 Å². The predicted molar refractivity (Wildman–Crippen MR) is 92.5 cm³/mol. The molecule has 2 saturated heterocycles. The monoisotopic (exact) mass is 351 g/mol. The summed E-state index contributed by atoms with van der Waals surface area (Å²) in [5, 5.41) is 15.3. The first kappa shape index (κ1) is 14.1. The fourth-order valence-corrected chi connectivity index (χ4v) is 3.72. The average molecular weight is 351 g/mol. The summed E-state index contributed by atoms with van der Waals surface area (Å²) in [6.07, 6.45) is 4.23. The van der Waals surface area contributed by atoms with Gasteiger partial charge >= 0.3 is 5.97 Å². The maximum Gasteiger partial charge on any atom is 0.336 e. The van der Waals surface area contributed by atoms with Crippen LogP contribution >= 0.6 is 0 Å². The molecule has 2 atom stereocenters. The van der Waals surface area contributed by atoms with Crippen molar-refractivity contribution in [2.45, 2.75) is 37.3 Å². The van der Waals surface area contributed by atoms with Gasteiger partial charge in [-0.2, -0.15) is 10.1 Å². The molecule has 0 spiro atoms. The number of H-pyrrole nitrogens is 1. The zero-order valence-corrected chi connectivity index (χ0v) is 14.1. The van der Waals surface area contributed by atoms with Crippen LogP contribution in [0.3, 0.4) is 0 Å². The van der Waals surface area contributed by atoms with Crippen LogP contribution in [-0.4, -0.2) is 49.0 Å². The lowest BCUT2D eigenvalue weighted by atomic mass is 9.79. The largest absolute Gasteiger partial charge is 0.455 e. The number of carbonyl (C=O) groups excluding carboxylic acids is 1. The maximum atomic E-state index is 11.9. The van der Waals surface area contributed by atoms with Gasteiger partial charge in [0.05, 0.1) is 6.54 Å². The quantitative estimate of drug-likeness (QED) is 0.688. The summed E-state index contributed by atoms with van der Waals surface area (Å²) in [5.74, 6) is 2.28. The SMILES string of the molecule is CC12C(=O)O[C@@H]1CN2c1nc(Nc2cc(C3CC3)[nH]n2)c2cccn2n1. The zero-order chi connectivity index (χ0) is 17.5. The summed E-state index contributed by atoms with van der Waals surface area (Å²) in [4.78, 5) is 18.5. The number of nitrogens with one attached hydrogen (secondary N) is 2. The summed E-state index contributed by atoms with van der Waals surface area (Å²) in [5.41, 5.74) is 1.36. The number of nitrogens with zero attached hydrogens (tertiary/aromatic N) is 5. The minimum atomic E-state index is -0.649. The Kier molecular flexibility index (Phi) is 2.46. The van der Waals surface area contributed by atoms with Gasteiger partial charge in [-0.25, -0.2) is 9.31 Å². The summed E-state index contributed by atoms with van der Waals surface area (Å²) < 4.78 is 6.91. The van der Waals surface area contributed by atoms with Crippen molar-refractivity contribution in [2.75, 3.05) is 16.8 Å². The van der Waals surface area contributed by atoms with Crippen molar-refractivity contribution >= 4 is 29.1 Å². The fourth-order valence-electron chi connectivity index (χ4n) is 3.72. The molecular formula is C17H17N7O2. The lowest BCUT2D eigenvalue weighted by molar-refractivity contribution is -0.200. The van der Waals surface area contributed by atoms with Crippen LogP contribution in [0.5, 0.6) is 0 Å². The normalized spacial score (nSPS) is 26.9. The second-order valence-electron chi connectivity index (χ2n) is 7.36. The Bertz CT molecular complexity index is 1050. The molecule has 6 rings (SSSR count). The molecule has 0 aromatic carbocycles. The van der Waals surface area contributed by atoms with Crippen molar-refractivity contribution in [3.05, 3.63) is 30.1 Å². The van der Waals surface area contributed by atoms with Gasteiger partial charge in [-0.05, 0) is 31.9 Å². The molecule has 1 aliphatic carbocycles. The van der Waals surface area contributed by atoms with Gasteiger partial charge < -0.3 is 15.0 Å². The van der Waals surface area contributed by atoms with Gasteiger partial charge in [-0.3, -0.25) is 5.10 Å². The second-order valence-corrected chi connectivity index (χ2v) is 7.36. The number of ether oxygens (including phenoxy) is 1. The third-order valence-electron chi connectivity index (χ3n) is 5.68. The fraction of sp³-hybridized carbons (Fsp3) is 0.412. The molecule has 1 saturated carbocycles. The molecule has 0 bridgehead atoms. The number of fused-ring (bicyclic) bond motifs is 2. The van der Waals surface area contributed by atoms with E-state index in [1.807, 2.05) is 36.2 Å². The van der Waals surface area contributed by atoms with Crippen molar-refractivity contribution in [3.8, 4) is 0 Å². The van der Waals surface area contributed by atoms with E-state index < -0.39 is 5.54 Å². The van der Waals surface area contributed by atoms with Crippen LogP contribution in [0.15, 0.2) is 24.4 Å². The summed E-state index contributed by atoms with van der Waals surface area (Å²) in [6, 6.07) is 5.89. The standard InChI is InChI=1S/C17H17N7O2/c1-17-12(26-15(17)25)8-23(17)16-19-14(11-3-2-6-24(11)22-16)18-13-7-10(20-21-13)9-4-5-9/h2-3,6-7,9,12H,4-5,8H2,1H3,(H2,18,19,20,21,22)/t12-,17?/m1/s1. The van der Waals surface area contributed by atoms with Crippen LogP contribution in [0.1, 0.15) is 31.4 Å². The summed E-state index contributed by atoms with van der Waals surface area (Å²) in [6.45, 7) is 2.49. The molecule has 5 heterocycles. The van der Waals surface area contributed by atoms with E-state index in [0.29, 0.717) is 24.2 Å². The number of carbonyl (C=O) groups is 1. The minimum absolute atomic E-state index is 0.0668. The van der Waals surface area contributed by atoms with Gasteiger partial charge in [-0.15, -0.1) is 5.10 Å². The van der Waals surface area contributed by atoms with Gasteiger partial charge in [0.25, 0.3) is 0 Å². The van der Waals surface area contributed by atoms with Gasteiger partial charge in [0.15, 0.2) is 23.3 Å². The lowest BCUT2D eigenvalue weighted by Gasteiger charge is -2.60. The molecule has 9 nitrogen and oxygen atoms in total. The highest BCUT2D eigenvalue weighted by atomic mass is 16.6. The summed E-state index contributed by atoms with van der Waals surface area (Å²) >= 11 is 0. The molecule has 3 aliphatic rings.